The molecule has 100 valence electrons. The Kier molecular flexibility index (Phi) is 3.62. The van der Waals surface area contributed by atoms with Crippen LogP contribution in [0.2, 0.25) is 0 Å². The summed E-state index contributed by atoms with van der Waals surface area (Å²) in [6, 6.07) is 4.73. The van der Waals surface area contributed by atoms with Crippen LogP contribution in [0.1, 0.15) is 17.0 Å². The van der Waals surface area contributed by atoms with Crippen LogP contribution in [-0.4, -0.2) is 9.97 Å². The summed E-state index contributed by atoms with van der Waals surface area (Å²) in [7, 11) is 0. The largest absolute Gasteiger partial charge is 0.340 e. The molecule has 1 aromatic heterocycles. The lowest BCUT2D eigenvalue weighted by atomic mass is 10.2. The van der Waals surface area contributed by atoms with Gasteiger partial charge in [-0.25, -0.2) is 20.2 Å². The molecule has 0 bridgehead atoms. The number of nitrogen functional groups attached to an aromatic ring is 1. The van der Waals surface area contributed by atoms with E-state index in [4.69, 9.17) is 5.84 Å². The van der Waals surface area contributed by atoms with E-state index in [1.54, 1.807) is 6.92 Å². The number of aromatic nitrogens is 2. The lowest BCUT2D eigenvalue weighted by molar-refractivity contribution is 0.627. The Morgan fingerprint density at radius 1 is 1.05 bits per heavy atom. The van der Waals surface area contributed by atoms with Crippen LogP contribution in [0.3, 0.4) is 0 Å². The predicted molar refractivity (Wildman–Crippen MR) is 73.7 cm³/mol. The molecule has 0 amide bonds. The molecule has 1 heterocycles. The number of aryl methyl sites for hydroxylation is 2. The maximum Gasteiger partial charge on any atom is 0.148 e. The summed E-state index contributed by atoms with van der Waals surface area (Å²) in [5, 5.41) is 3.08. The van der Waals surface area contributed by atoms with E-state index in [1.807, 2.05) is 19.9 Å². The monoisotopic (exact) mass is 261 g/mol. The van der Waals surface area contributed by atoms with E-state index in [2.05, 4.69) is 20.7 Å². The molecule has 0 radical (unpaired) electrons. The quantitative estimate of drug-likeness (QED) is 0.585. The first-order valence-electron chi connectivity index (χ1n) is 5.85. The van der Waals surface area contributed by atoms with Gasteiger partial charge < -0.3 is 10.7 Å². The highest BCUT2D eigenvalue weighted by Crippen LogP contribution is 2.24. The third-order valence-electron chi connectivity index (χ3n) is 2.70. The van der Waals surface area contributed by atoms with Crippen molar-refractivity contribution in [3.8, 4) is 0 Å². The van der Waals surface area contributed by atoms with Crippen LogP contribution >= 0.6 is 0 Å². The number of anilines is 3. The van der Waals surface area contributed by atoms with Gasteiger partial charge in [0.2, 0.25) is 0 Å². The Labute approximate surface area is 111 Å². The molecule has 5 nitrogen and oxygen atoms in total. The highest BCUT2D eigenvalue weighted by Gasteiger charge is 2.09. The summed E-state index contributed by atoms with van der Waals surface area (Å²) in [6.07, 6.45) is 0. The van der Waals surface area contributed by atoms with E-state index in [9.17, 15) is 4.39 Å². The van der Waals surface area contributed by atoms with Crippen molar-refractivity contribution in [3.63, 3.8) is 0 Å². The Morgan fingerprint density at radius 3 is 2.37 bits per heavy atom. The van der Waals surface area contributed by atoms with Crippen LogP contribution in [0.4, 0.5) is 21.7 Å². The third kappa shape index (κ3) is 2.97. The van der Waals surface area contributed by atoms with Gasteiger partial charge >= 0.3 is 0 Å². The second-order valence-corrected chi connectivity index (χ2v) is 4.38. The SMILES string of the molecule is Cc1cc(F)cc(Nc2nc(C)nc(NN)c2C)c1. The number of nitrogens with two attached hydrogens (primary N) is 1. The van der Waals surface area contributed by atoms with Crippen molar-refractivity contribution in [2.75, 3.05) is 10.7 Å². The number of hydrazine groups is 1. The second kappa shape index (κ2) is 5.19. The van der Waals surface area contributed by atoms with Gasteiger partial charge in [0.1, 0.15) is 23.3 Å². The minimum Gasteiger partial charge on any atom is -0.340 e. The van der Waals surface area contributed by atoms with Crippen molar-refractivity contribution in [3.05, 3.63) is 41.0 Å². The van der Waals surface area contributed by atoms with E-state index in [-0.39, 0.29) is 5.82 Å². The zero-order valence-corrected chi connectivity index (χ0v) is 11.1. The zero-order chi connectivity index (χ0) is 14.0. The molecule has 0 unspecified atom stereocenters. The predicted octanol–water partition coefficient (Wildman–Crippen LogP) is 2.57. The van der Waals surface area contributed by atoms with E-state index >= 15 is 0 Å². The summed E-state index contributed by atoms with van der Waals surface area (Å²) < 4.78 is 13.4. The van der Waals surface area contributed by atoms with Crippen LogP contribution < -0.4 is 16.6 Å². The molecular weight excluding hydrogens is 245 g/mol. The van der Waals surface area contributed by atoms with Crippen molar-refractivity contribution in [1.29, 1.82) is 0 Å². The molecule has 0 aliphatic heterocycles. The minimum absolute atomic E-state index is 0.289. The Bertz CT molecular complexity index is 592. The molecule has 6 heteroatoms. The number of hydrogen-bond donors (Lipinski definition) is 3. The van der Waals surface area contributed by atoms with Crippen LogP contribution in [-0.2, 0) is 0 Å². The first-order chi connectivity index (χ1) is 8.99. The summed E-state index contributed by atoms with van der Waals surface area (Å²) in [6.45, 7) is 5.44. The summed E-state index contributed by atoms with van der Waals surface area (Å²) >= 11 is 0. The van der Waals surface area contributed by atoms with Crippen LogP contribution in [0.5, 0.6) is 0 Å². The van der Waals surface area contributed by atoms with Crippen molar-refractivity contribution < 1.29 is 4.39 Å². The van der Waals surface area contributed by atoms with Crippen molar-refractivity contribution in [2.24, 2.45) is 5.84 Å². The lowest BCUT2D eigenvalue weighted by Gasteiger charge is -2.13. The van der Waals surface area contributed by atoms with Gasteiger partial charge in [-0.3, -0.25) is 0 Å². The number of nitrogens with zero attached hydrogens (tertiary/aromatic N) is 2. The van der Waals surface area contributed by atoms with Crippen molar-refractivity contribution in [1.82, 2.24) is 9.97 Å². The average Bonchev–Trinajstić information content (AvgIpc) is 2.32. The van der Waals surface area contributed by atoms with Crippen LogP contribution in [0.25, 0.3) is 0 Å². The number of rotatable bonds is 3. The average molecular weight is 261 g/mol. The molecule has 0 saturated carbocycles. The smallest absolute Gasteiger partial charge is 0.148 e. The van der Waals surface area contributed by atoms with Gasteiger partial charge in [-0.15, -0.1) is 0 Å². The van der Waals surface area contributed by atoms with Crippen molar-refractivity contribution >= 4 is 17.3 Å². The van der Waals surface area contributed by atoms with Crippen LogP contribution in [0, 0.1) is 26.6 Å². The molecule has 0 fully saturated rings. The lowest BCUT2D eigenvalue weighted by Crippen LogP contribution is -2.13. The summed E-state index contributed by atoms with van der Waals surface area (Å²) in [5.41, 5.74) is 4.77. The molecule has 0 spiro atoms. The Hall–Kier alpha value is -2.21. The van der Waals surface area contributed by atoms with E-state index in [0.717, 1.165) is 11.1 Å². The molecule has 2 rings (SSSR count). The molecule has 1 aromatic carbocycles. The number of benzene rings is 1. The topological polar surface area (TPSA) is 75.9 Å². The number of hydrogen-bond acceptors (Lipinski definition) is 5. The van der Waals surface area contributed by atoms with E-state index in [1.165, 1.54) is 12.1 Å². The first kappa shape index (κ1) is 13.2. The Morgan fingerprint density at radius 2 is 1.74 bits per heavy atom. The van der Waals surface area contributed by atoms with Gasteiger partial charge in [0.25, 0.3) is 0 Å². The maximum absolute atomic E-state index is 13.4. The fourth-order valence-electron chi connectivity index (χ4n) is 1.84. The molecule has 19 heavy (non-hydrogen) atoms. The summed E-state index contributed by atoms with van der Waals surface area (Å²) in [4.78, 5) is 8.46. The first-order valence-corrected chi connectivity index (χ1v) is 5.85. The molecule has 0 aliphatic rings. The normalized spacial score (nSPS) is 10.4. The van der Waals surface area contributed by atoms with Gasteiger partial charge in [0.05, 0.1) is 0 Å². The second-order valence-electron chi connectivity index (χ2n) is 4.38. The van der Waals surface area contributed by atoms with Gasteiger partial charge in [0, 0.05) is 11.3 Å². The van der Waals surface area contributed by atoms with Gasteiger partial charge in [-0.1, -0.05) is 0 Å². The molecule has 0 aliphatic carbocycles. The minimum atomic E-state index is -0.289. The van der Waals surface area contributed by atoms with Gasteiger partial charge in [0.15, 0.2) is 0 Å². The number of halogens is 1. The van der Waals surface area contributed by atoms with Crippen LogP contribution in [0.15, 0.2) is 18.2 Å². The maximum atomic E-state index is 13.4. The standard InChI is InChI=1S/C13H16FN5/c1-7-4-10(14)6-11(5-7)18-12-8(2)13(19-15)17-9(3)16-12/h4-6H,15H2,1-3H3,(H2,16,17,18,19). The van der Waals surface area contributed by atoms with Gasteiger partial charge in [-0.05, 0) is 44.5 Å². The van der Waals surface area contributed by atoms with E-state index < -0.39 is 0 Å². The highest BCUT2D eigenvalue weighted by molar-refractivity contribution is 5.64. The van der Waals surface area contributed by atoms with Gasteiger partial charge in [-0.2, -0.15) is 0 Å². The Balaban J connectivity index is 2.40. The molecule has 2 aromatic rings. The number of nitrogens with one attached hydrogen (secondary N) is 2. The zero-order valence-electron chi connectivity index (χ0n) is 11.1. The molecule has 0 saturated heterocycles. The van der Waals surface area contributed by atoms with E-state index in [0.29, 0.717) is 23.1 Å². The third-order valence-corrected chi connectivity index (χ3v) is 2.70. The highest BCUT2D eigenvalue weighted by atomic mass is 19.1. The molecule has 0 atom stereocenters. The fraction of sp³-hybridized carbons (Fsp3) is 0.231. The summed E-state index contributed by atoms with van der Waals surface area (Å²) in [5.74, 6) is 6.84. The molecular formula is C13H16FN5. The molecule has 4 N–H and O–H groups in total. The van der Waals surface area contributed by atoms with Crippen molar-refractivity contribution in [2.45, 2.75) is 20.8 Å². The fourth-order valence-corrected chi connectivity index (χ4v) is 1.84.